The van der Waals surface area contributed by atoms with Crippen LogP contribution in [0.5, 0.6) is 0 Å². The van der Waals surface area contributed by atoms with Gasteiger partial charge in [0, 0.05) is 25.5 Å². The molecule has 0 amide bonds. The number of sulfonamides is 1. The zero-order chi connectivity index (χ0) is 11.2. The van der Waals surface area contributed by atoms with Crippen LogP contribution in [-0.2, 0) is 10.0 Å². The van der Waals surface area contributed by atoms with Gasteiger partial charge in [0.1, 0.15) is 0 Å². The Morgan fingerprint density at radius 2 is 1.94 bits per heavy atom. The quantitative estimate of drug-likeness (QED) is 0.757. The van der Waals surface area contributed by atoms with Crippen molar-refractivity contribution in [3.63, 3.8) is 0 Å². The van der Waals surface area contributed by atoms with Crippen molar-refractivity contribution < 1.29 is 8.42 Å². The topological polar surface area (TPSA) is 65.2 Å². The molecule has 0 aliphatic carbocycles. The van der Waals surface area contributed by atoms with Gasteiger partial charge in [0.15, 0.2) is 0 Å². The van der Waals surface area contributed by atoms with Crippen LogP contribution < -0.4 is 5.32 Å². The van der Waals surface area contributed by atoms with E-state index < -0.39 is 10.0 Å². The zero-order valence-electron chi connectivity index (χ0n) is 8.89. The fraction of sp³-hybridized carbons (Fsp3) is 0.600. The van der Waals surface area contributed by atoms with E-state index in [2.05, 4.69) is 10.3 Å². The zero-order valence-corrected chi connectivity index (χ0v) is 9.70. The molecule has 0 saturated carbocycles. The fourth-order valence-electron chi connectivity index (χ4n) is 2.63. The monoisotopic (exact) mass is 241 g/mol. The standard InChI is InChI=1S/C10H15N3O2S/c14-16(15,10-1-2-11-5-10)13-6-8-3-12-4-9(8)7-13/h1-2,5,8-9,11-12H,3-4,6-7H2/t8-,9+. The average molecular weight is 241 g/mol. The maximum Gasteiger partial charge on any atom is 0.244 e. The number of hydrogen-bond donors (Lipinski definition) is 2. The Bertz CT molecular complexity index is 456. The Morgan fingerprint density at radius 3 is 2.50 bits per heavy atom. The second kappa shape index (κ2) is 3.58. The van der Waals surface area contributed by atoms with Crippen LogP contribution in [-0.4, -0.2) is 43.9 Å². The van der Waals surface area contributed by atoms with Crippen LogP contribution in [0.1, 0.15) is 0 Å². The summed E-state index contributed by atoms with van der Waals surface area (Å²) in [4.78, 5) is 3.17. The van der Waals surface area contributed by atoms with E-state index in [-0.39, 0.29) is 0 Å². The first-order valence-corrected chi connectivity index (χ1v) is 6.95. The van der Waals surface area contributed by atoms with Gasteiger partial charge in [0.25, 0.3) is 0 Å². The van der Waals surface area contributed by atoms with Crippen molar-refractivity contribution in [2.24, 2.45) is 11.8 Å². The van der Waals surface area contributed by atoms with Crippen molar-refractivity contribution in [1.29, 1.82) is 0 Å². The van der Waals surface area contributed by atoms with Gasteiger partial charge >= 0.3 is 0 Å². The SMILES string of the molecule is O=S(=O)(c1cc[nH]c1)N1C[C@H]2CNC[C@H]2C1. The molecule has 1 aromatic rings. The minimum absolute atomic E-state index is 0.375. The van der Waals surface area contributed by atoms with E-state index in [1.165, 1.54) is 0 Å². The van der Waals surface area contributed by atoms with Crippen LogP contribution in [0.2, 0.25) is 0 Å². The summed E-state index contributed by atoms with van der Waals surface area (Å²) in [7, 11) is -3.26. The number of H-pyrrole nitrogens is 1. The number of rotatable bonds is 2. The summed E-state index contributed by atoms with van der Waals surface area (Å²) in [6.07, 6.45) is 3.19. The predicted octanol–water partition coefficient (Wildman–Crippen LogP) is -0.145. The maximum absolute atomic E-state index is 12.2. The summed E-state index contributed by atoms with van der Waals surface area (Å²) in [5, 5.41) is 3.30. The van der Waals surface area contributed by atoms with Crippen molar-refractivity contribution in [3.8, 4) is 0 Å². The molecular formula is C10H15N3O2S. The van der Waals surface area contributed by atoms with Crippen LogP contribution in [0.15, 0.2) is 23.4 Å². The molecule has 2 atom stereocenters. The molecule has 0 radical (unpaired) electrons. The van der Waals surface area contributed by atoms with Gasteiger partial charge in [-0.3, -0.25) is 0 Å². The van der Waals surface area contributed by atoms with Gasteiger partial charge in [-0.05, 0) is 31.0 Å². The molecule has 0 spiro atoms. The highest BCUT2D eigenvalue weighted by Crippen LogP contribution is 2.30. The molecule has 88 valence electrons. The van der Waals surface area contributed by atoms with Crippen molar-refractivity contribution in [2.75, 3.05) is 26.2 Å². The Kier molecular flexibility index (Phi) is 2.31. The van der Waals surface area contributed by atoms with E-state index in [1.54, 1.807) is 22.8 Å². The number of nitrogens with one attached hydrogen (secondary N) is 2. The Labute approximate surface area is 94.9 Å². The lowest BCUT2D eigenvalue weighted by Gasteiger charge is -2.16. The smallest absolute Gasteiger partial charge is 0.244 e. The van der Waals surface area contributed by atoms with Gasteiger partial charge in [-0.1, -0.05) is 0 Å². The van der Waals surface area contributed by atoms with Crippen LogP contribution in [0.3, 0.4) is 0 Å². The molecule has 2 N–H and O–H groups in total. The van der Waals surface area contributed by atoms with Crippen LogP contribution in [0.25, 0.3) is 0 Å². The molecule has 3 rings (SSSR count). The Balaban J connectivity index is 1.85. The van der Waals surface area contributed by atoms with Crippen molar-refractivity contribution in [3.05, 3.63) is 18.5 Å². The van der Waals surface area contributed by atoms with Gasteiger partial charge < -0.3 is 10.3 Å². The Morgan fingerprint density at radius 1 is 1.25 bits per heavy atom. The average Bonchev–Trinajstić information content (AvgIpc) is 2.94. The lowest BCUT2D eigenvalue weighted by atomic mass is 10.0. The number of fused-ring (bicyclic) bond motifs is 1. The van der Waals surface area contributed by atoms with E-state index in [9.17, 15) is 8.42 Å². The Hall–Kier alpha value is -0.850. The van der Waals surface area contributed by atoms with Gasteiger partial charge in [-0.15, -0.1) is 0 Å². The third-order valence-electron chi connectivity index (χ3n) is 3.56. The third-order valence-corrected chi connectivity index (χ3v) is 5.39. The summed E-state index contributed by atoms with van der Waals surface area (Å²) in [5.74, 6) is 0.988. The molecule has 5 nitrogen and oxygen atoms in total. The van der Waals surface area contributed by atoms with E-state index >= 15 is 0 Å². The predicted molar refractivity (Wildman–Crippen MR) is 59.4 cm³/mol. The molecule has 6 heteroatoms. The first-order valence-electron chi connectivity index (χ1n) is 5.51. The molecule has 0 aromatic carbocycles. The van der Waals surface area contributed by atoms with Crippen molar-refractivity contribution >= 4 is 10.0 Å². The summed E-state index contributed by atoms with van der Waals surface area (Å²) >= 11 is 0. The van der Waals surface area contributed by atoms with Gasteiger partial charge in [0.2, 0.25) is 10.0 Å². The molecule has 2 aliphatic rings. The van der Waals surface area contributed by atoms with E-state index in [1.807, 2.05) is 0 Å². The van der Waals surface area contributed by atoms with E-state index in [4.69, 9.17) is 0 Å². The number of aromatic amines is 1. The summed E-state index contributed by atoms with van der Waals surface area (Å²) in [6.45, 7) is 3.21. The molecule has 0 bridgehead atoms. The molecule has 2 saturated heterocycles. The second-order valence-corrected chi connectivity index (χ2v) is 6.49. The lowest BCUT2D eigenvalue weighted by Crippen LogP contribution is -2.31. The molecule has 2 aliphatic heterocycles. The first-order chi connectivity index (χ1) is 7.68. The molecule has 0 unspecified atom stereocenters. The molecule has 1 aromatic heterocycles. The minimum atomic E-state index is -3.26. The number of hydrogen-bond acceptors (Lipinski definition) is 3. The lowest BCUT2D eigenvalue weighted by molar-refractivity contribution is 0.448. The van der Waals surface area contributed by atoms with Gasteiger partial charge in [-0.25, -0.2) is 8.42 Å². The van der Waals surface area contributed by atoms with E-state index in [0.29, 0.717) is 29.8 Å². The summed E-state index contributed by atoms with van der Waals surface area (Å²) < 4.78 is 26.0. The number of aromatic nitrogens is 1. The van der Waals surface area contributed by atoms with Crippen LogP contribution in [0.4, 0.5) is 0 Å². The summed E-state index contributed by atoms with van der Waals surface area (Å²) in [6, 6.07) is 1.61. The molecule has 3 heterocycles. The van der Waals surface area contributed by atoms with Crippen LogP contribution in [0, 0.1) is 11.8 Å². The maximum atomic E-state index is 12.2. The van der Waals surface area contributed by atoms with Gasteiger partial charge in [0.05, 0.1) is 4.90 Å². The number of nitrogens with zero attached hydrogens (tertiary/aromatic N) is 1. The van der Waals surface area contributed by atoms with Crippen molar-refractivity contribution in [1.82, 2.24) is 14.6 Å². The second-order valence-electron chi connectivity index (χ2n) is 4.55. The molecular weight excluding hydrogens is 226 g/mol. The van der Waals surface area contributed by atoms with E-state index in [0.717, 1.165) is 13.1 Å². The van der Waals surface area contributed by atoms with Gasteiger partial charge in [-0.2, -0.15) is 4.31 Å². The summed E-state index contributed by atoms with van der Waals surface area (Å²) in [5.41, 5.74) is 0. The van der Waals surface area contributed by atoms with Crippen LogP contribution >= 0.6 is 0 Å². The molecule has 16 heavy (non-hydrogen) atoms. The highest BCUT2D eigenvalue weighted by molar-refractivity contribution is 7.89. The minimum Gasteiger partial charge on any atom is -0.366 e. The first kappa shape index (κ1) is 10.3. The third kappa shape index (κ3) is 1.49. The normalized spacial score (nSPS) is 30.8. The van der Waals surface area contributed by atoms with Crippen molar-refractivity contribution in [2.45, 2.75) is 4.90 Å². The largest absolute Gasteiger partial charge is 0.366 e. The highest BCUT2D eigenvalue weighted by Gasteiger charge is 2.41. The molecule has 2 fully saturated rings. The highest BCUT2D eigenvalue weighted by atomic mass is 32.2. The fourth-order valence-corrected chi connectivity index (χ4v) is 4.16.